The van der Waals surface area contributed by atoms with Crippen LogP contribution in [0.3, 0.4) is 0 Å². The zero-order valence-electron chi connectivity index (χ0n) is 15.3. The summed E-state index contributed by atoms with van der Waals surface area (Å²) in [4.78, 5) is 0. The predicted octanol–water partition coefficient (Wildman–Crippen LogP) is 4.49. The lowest BCUT2D eigenvalue weighted by molar-refractivity contribution is 0.354. The van der Waals surface area contributed by atoms with Crippen molar-refractivity contribution < 1.29 is 19.3 Å². The van der Waals surface area contributed by atoms with Crippen LogP contribution in [-0.4, -0.2) is 26.4 Å². The van der Waals surface area contributed by atoms with Gasteiger partial charge in [-0.3, -0.25) is 0 Å². The fraction of sp³-hybridized carbons (Fsp3) is 0.333. The van der Waals surface area contributed by atoms with E-state index in [9.17, 15) is 5.11 Å². The van der Waals surface area contributed by atoms with Gasteiger partial charge in [-0.2, -0.15) is 0 Å². The van der Waals surface area contributed by atoms with E-state index in [-0.39, 0.29) is 11.7 Å². The molecule has 4 heteroatoms. The monoisotopic (exact) mass is 342 g/mol. The lowest BCUT2D eigenvalue weighted by Gasteiger charge is -2.18. The number of hydrogen-bond donors (Lipinski definition) is 1. The zero-order valence-corrected chi connectivity index (χ0v) is 15.3. The molecule has 0 aromatic heterocycles. The largest absolute Gasteiger partial charge is 0.508 e. The summed E-state index contributed by atoms with van der Waals surface area (Å²) in [6.45, 7) is 5.89. The van der Waals surface area contributed by atoms with E-state index >= 15 is 0 Å². The molecule has 0 saturated heterocycles. The third-order valence-corrected chi connectivity index (χ3v) is 4.32. The third-order valence-electron chi connectivity index (χ3n) is 4.32. The lowest BCUT2D eigenvalue weighted by Crippen LogP contribution is -2.03. The molecule has 0 bridgehead atoms. The Bertz CT molecular complexity index is 737. The molecule has 0 amide bonds. The fourth-order valence-corrected chi connectivity index (χ4v) is 2.98. The summed E-state index contributed by atoms with van der Waals surface area (Å²) in [6, 6.07) is 9.63. The molecule has 0 radical (unpaired) electrons. The van der Waals surface area contributed by atoms with Crippen LogP contribution in [0.5, 0.6) is 23.0 Å². The van der Waals surface area contributed by atoms with Gasteiger partial charge < -0.3 is 19.3 Å². The molecule has 0 aliphatic heterocycles. The number of allylic oxidation sites excluding steroid dienone is 1. The van der Waals surface area contributed by atoms with Gasteiger partial charge >= 0.3 is 0 Å². The van der Waals surface area contributed by atoms with Gasteiger partial charge in [0.2, 0.25) is 0 Å². The standard InChI is InChI=1S/C21H26O4/c1-6-7-16-12-17(20(24-4)13-18(16)22)14(2)10-15-8-9-19(23-3)21(11-15)25-5/h6,8-9,11-14,22H,1,7,10H2,2-5H3. The Balaban J connectivity index is 2.32. The zero-order chi connectivity index (χ0) is 18.4. The van der Waals surface area contributed by atoms with Crippen molar-refractivity contribution in [3.8, 4) is 23.0 Å². The average molecular weight is 342 g/mol. The van der Waals surface area contributed by atoms with Crippen LogP contribution in [0, 0.1) is 0 Å². The molecule has 0 aliphatic carbocycles. The molecule has 1 N–H and O–H groups in total. The maximum atomic E-state index is 10.1. The molecule has 0 saturated carbocycles. The summed E-state index contributed by atoms with van der Waals surface area (Å²) in [5.74, 6) is 2.57. The first kappa shape index (κ1) is 18.7. The van der Waals surface area contributed by atoms with Crippen molar-refractivity contribution in [2.75, 3.05) is 21.3 Å². The van der Waals surface area contributed by atoms with Crippen molar-refractivity contribution in [2.45, 2.75) is 25.7 Å². The Morgan fingerprint density at radius 2 is 1.68 bits per heavy atom. The number of rotatable bonds is 8. The number of phenols is 1. The highest BCUT2D eigenvalue weighted by atomic mass is 16.5. The number of methoxy groups -OCH3 is 3. The quantitative estimate of drug-likeness (QED) is 0.718. The molecule has 1 atom stereocenters. The highest BCUT2D eigenvalue weighted by molar-refractivity contribution is 5.49. The minimum atomic E-state index is 0.206. The van der Waals surface area contributed by atoms with Crippen LogP contribution in [0.25, 0.3) is 0 Å². The molecule has 0 heterocycles. The molecule has 0 spiro atoms. The van der Waals surface area contributed by atoms with Gasteiger partial charge in [0, 0.05) is 6.07 Å². The Morgan fingerprint density at radius 3 is 2.28 bits per heavy atom. The lowest BCUT2D eigenvalue weighted by atomic mass is 9.91. The summed E-state index contributed by atoms with van der Waals surface area (Å²) in [5.41, 5.74) is 3.06. The van der Waals surface area contributed by atoms with Crippen LogP contribution in [0.15, 0.2) is 43.0 Å². The van der Waals surface area contributed by atoms with Gasteiger partial charge in [0.25, 0.3) is 0 Å². The number of hydrogen-bond acceptors (Lipinski definition) is 4. The SMILES string of the molecule is C=CCc1cc(C(C)Cc2ccc(OC)c(OC)c2)c(OC)cc1O. The van der Waals surface area contributed by atoms with Gasteiger partial charge in [-0.05, 0) is 53.6 Å². The minimum absolute atomic E-state index is 0.206. The highest BCUT2D eigenvalue weighted by Gasteiger charge is 2.16. The minimum Gasteiger partial charge on any atom is -0.508 e. The van der Waals surface area contributed by atoms with E-state index in [2.05, 4.69) is 13.5 Å². The van der Waals surface area contributed by atoms with Gasteiger partial charge in [-0.25, -0.2) is 0 Å². The first-order valence-electron chi connectivity index (χ1n) is 8.25. The topological polar surface area (TPSA) is 47.9 Å². The summed E-state index contributed by atoms with van der Waals surface area (Å²) >= 11 is 0. The molecule has 0 aliphatic rings. The Kier molecular flexibility index (Phi) is 6.34. The molecule has 0 fully saturated rings. The van der Waals surface area contributed by atoms with Crippen molar-refractivity contribution in [2.24, 2.45) is 0 Å². The first-order valence-corrected chi connectivity index (χ1v) is 8.25. The van der Waals surface area contributed by atoms with Crippen molar-refractivity contribution in [3.05, 3.63) is 59.7 Å². The molecular formula is C21H26O4. The van der Waals surface area contributed by atoms with Gasteiger partial charge in [-0.15, -0.1) is 6.58 Å². The average Bonchev–Trinajstić information content (AvgIpc) is 2.62. The first-order chi connectivity index (χ1) is 12.0. The maximum absolute atomic E-state index is 10.1. The summed E-state index contributed by atoms with van der Waals surface area (Å²) in [7, 11) is 4.88. The van der Waals surface area contributed by atoms with Crippen LogP contribution in [0.2, 0.25) is 0 Å². The molecular weight excluding hydrogens is 316 g/mol. The normalized spacial score (nSPS) is 11.7. The summed E-state index contributed by atoms with van der Waals surface area (Å²) < 4.78 is 16.1. The van der Waals surface area contributed by atoms with Crippen molar-refractivity contribution >= 4 is 0 Å². The van der Waals surface area contributed by atoms with Crippen LogP contribution in [0.4, 0.5) is 0 Å². The highest BCUT2D eigenvalue weighted by Crippen LogP contribution is 2.36. The molecule has 4 nitrogen and oxygen atoms in total. The van der Waals surface area contributed by atoms with E-state index in [1.54, 1.807) is 33.5 Å². The van der Waals surface area contributed by atoms with E-state index in [0.29, 0.717) is 12.2 Å². The third kappa shape index (κ3) is 4.27. The van der Waals surface area contributed by atoms with Crippen LogP contribution < -0.4 is 14.2 Å². The van der Waals surface area contributed by atoms with E-state index < -0.39 is 0 Å². The summed E-state index contributed by atoms with van der Waals surface area (Å²) in [6.07, 6.45) is 3.21. The molecule has 134 valence electrons. The number of aromatic hydroxyl groups is 1. The van der Waals surface area contributed by atoms with E-state index in [4.69, 9.17) is 14.2 Å². The van der Waals surface area contributed by atoms with E-state index in [1.807, 2.05) is 24.3 Å². The van der Waals surface area contributed by atoms with Gasteiger partial charge in [-0.1, -0.05) is 19.1 Å². The number of benzene rings is 2. The van der Waals surface area contributed by atoms with E-state index in [1.165, 1.54) is 0 Å². The van der Waals surface area contributed by atoms with Crippen molar-refractivity contribution in [1.82, 2.24) is 0 Å². The number of ether oxygens (including phenoxy) is 3. The van der Waals surface area contributed by atoms with Crippen LogP contribution in [-0.2, 0) is 12.8 Å². The Hall–Kier alpha value is -2.62. The smallest absolute Gasteiger partial charge is 0.160 e. The molecule has 25 heavy (non-hydrogen) atoms. The number of phenolic OH excluding ortho intramolecular Hbond substituents is 1. The van der Waals surface area contributed by atoms with Gasteiger partial charge in [0.15, 0.2) is 11.5 Å². The second kappa shape index (κ2) is 8.47. The Morgan fingerprint density at radius 1 is 1.00 bits per heavy atom. The Labute approximate surface area is 149 Å². The molecule has 2 rings (SSSR count). The summed E-state index contributed by atoms with van der Waals surface area (Å²) in [5, 5.41) is 10.1. The maximum Gasteiger partial charge on any atom is 0.160 e. The van der Waals surface area contributed by atoms with E-state index in [0.717, 1.165) is 34.6 Å². The molecule has 1 unspecified atom stereocenters. The second-order valence-electron chi connectivity index (χ2n) is 6.01. The van der Waals surface area contributed by atoms with Crippen molar-refractivity contribution in [1.29, 1.82) is 0 Å². The second-order valence-corrected chi connectivity index (χ2v) is 6.01. The van der Waals surface area contributed by atoms with Gasteiger partial charge in [0.1, 0.15) is 11.5 Å². The molecule has 2 aromatic carbocycles. The van der Waals surface area contributed by atoms with Crippen LogP contribution >= 0.6 is 0 Å². The fourth-order valence-electron chi connectivity index (χ4n) is 2.98. The van der Waals surface area contributed by atoms with Crippen LogP contribution in [0.1, 0.15) is 29.5 Å². The van der Waals surface area contributed by atoms with Gasteiger partial charge in [0.05, 0.1) is 21.3 Å². The predicted molar refractivity (Wildman–Crippen MR) is 100 cm³/mol. The molecule has 2 aromatic rings. The van der Waals surface area contributed by atoms with Crippen molar-refractivity contribution in [3.63, 3.8) is 0 Å².